The third kappa shape index (κ3) is 5.45. The van der Waals surface area contributed by atoms with Crippen LogP contribution in [-0.2, 0) is 14.2 Å². The highest BCUT2D eigenvalue weighted by Gasteiger charge is 2.48. The second-order valence-corrected chi connectivity index (χ2v) is 9.03. The molecule has 0 aliphatic carbocycles. The first-order valence-electron chi connectivity index (χ1n) is 11.3. The van der Waals surface area contributed by atoms with E-state index in [-0.39, 0.29) is 24.9 Å². The number of allylic oxidation sites excluding steroid dienone is 4. The van der Waals surface area contributed by atoms with Gasteiger partial charge in [0.15, 0.2) is 12.0 Å². The van der Waals surface area contributed by atoms with Gasteiger partial charge in [-0.3, -0.25) is 0 Å². The molecule has 0 radical (unpaired) electrons. The molecule has 0 bridgehead atoms. The van der Waals surface area contributed by atoms with Crippen LogP contribution in [0.3, 0.4) is 0 Å². The van der Waals surface area contributed by atoms with Gasteiger partial charge in [0.05, 0.1) is 13.2 Å². The Kier molecular flexibility index (Phi) is 7.59. The number of hydrogen-bond donors (Lipinski definition) is 2. The normalized spacial score (nSPS) is 24.9. The van der Waals surface area contributed by atoms with Crippen LogP contribution in [-0.4, -0.2) is 42.7 Å². The van der Waals surface area contributed by atoms with Gasteiger partial charge in [-0.1, -0.05) is 72.8 Å². The second kappa shape index (κ2) is 10.6. The maximum atomic E-state index is 9.90. The molecule has 2 saturated heterocycles. The molecule has 0 spiro atoms. The zero-order valence-corrected chi connectivity index (χ0v) is 20.2. The van der Waals surface area contributed by atoms with Crippen molar-refractivity contribution in [3.63, 3.8) is 0 Å². The van der Waals surface area contributed by atoms with Crippen LogP contribution in [0.15, 0.2) is 96.0 Å². The lowest BCUT2D eigenvalue weighted by Crippen LogP contribution is -2.34. The molecule has 2 heterocycles. The van der Waals surface area contributed by atoms with E-state index in [1.54, 1.807) is 0 Å². The minimum atomic E-state index is -0.626. The highest BCUT2D eigenvalue weighted by atomic mass is 35.5. The number of aliphatic hydroxyl groups is 1. The fraction of sp³-hybridized carbons (Fsp3) is 0.286. The lowest BCUT2D eigenvalue weighted by molar-refractivity contribution is -0.0143. The van der Waals surface area contributed by atoms with Crippen LogP contribution in [0.4, 0.5) is 0 Å². The summed E-state index contributed by atoms with van der Waals surface area (Å²) in [6, 6.07) is 18.6. The number of nitrogens with one attached hydrogen (secondary N) is 1. The third-order valence-corrected chi connectivity index (χ3v) is 6.46. The Balaban J connectivity index is 1.45. The fourth-order valence-corrected chi connectivity index (χ4v) is 4.31. The van der Waals surface area contributed by atoms with Crippen molar-refractivity contribution in [3.05, 3.63) is 102 Å². The Hall–Kier alpha value is -2.83. The van der Waals surface area contributed by atoms with Crippen LogP contribution >= 0.6 is 11.6 Å². The van der Waals surface area contributed by atoms with Crippen molar-refractivity contribution in [1.82, 2.24) is 5.32 Å². The molecule has 4 rings (SSSR count). The molecule has 0 aromatic heterocycles. The van der Waals surface area contributed by atoms with Crippen LogP contribution in [0.2, 0.25) is 0 Å². The van der Waals surface area contributed by atoms with Crippen molar-refractivity contribution >= 4 is 17.2 Å². The topological polar surface area (TPSA) is 60.0 Å². The van der Waals surface area contributed by atoms with E-state index in [0.717, 1.165) is 22.3 Å². The number of rotatable bonds is 8. The van der Waals surface area contributed by atoms with E-state index in [9.17, 15) is 5.11 Å². The van der Waals surface area contributed by atoms with Gasteiger partial charge in [0.1, 0.15) is 18.3 Å². The number of benzene rings is 2. The quantitative estimate of drug-likeness (QED) is 0.393. The van der Waals surface area contributed by atoms with Gasteiger partial charge in [-0.2, -0.15) is 0 Å². The van der Waals surface area contributed by atoms with E-state index in [1.165, 1.54) is 5.56 Å². The summed E-state index contributed by atoms with van der Waals surface area (Å²) in [6.07, 6.45) is 0.185. The van der Waals surface area contributed by atoms with Crippen molar-refractivity contribution < 1.29 is 19.3 Å². The van der Waals surface area contributed by atoms with Gasteiger partial charge in [0, 0.05) is 10.7 Å². The summed E-state index contributed by atoms with van der Waals surface area (Å²) in [5, 5.41) is 13.6. The maximum Gasteiger partial charge on any atom is 0.184 e. The molecule has 34 heavy (non-hydrogen) atoms. The Bertz CT molecular complexity index is 1110. The largest absolute Gasteiger partial charge is 0.471 e. The van der Waals surface area contributed by atoms with Crippen LogP contribution in [0.1, 0.15) is 19.4 Å². The van der Waals surface area contributed by atoms with Crippen molar-refractivity contribution in [1.29, 1.82) is 0 Å². The molecular formula is C28H30ClNO4. The molecule has 5 nitrogen and oxygen atoms in total. The monoisotopic (exact) mass is 479 g/mol. The molecule has 0 saturated carbocycles. The minimum absolute atomic E-state index is 0.248. The maximum absolute atomic E-state index is 9.90. The van der Waals surface area contributed by atoms with Crippen LogP contribution < -0.4 is 5.32 Å². The van der Waals surface area contributed by atoms with E-state index < -0.39 is 6.10 Å². The van der Waals surface area contributed by atoms with Gasteiger partial charge >= 0.3 is 0 Å². The summed E-state index contributed by atoms with van der Waals surface area (Å²) in [6.45, 7) is 12.5. The first kappa shape index (κ1) is 24.3. The van der Waals surface area contributed by atoms with E-state index in [1.807, 2.05) is 38.1 Å². The predicted octanol–water partition coefficient (Wildman–Crippen LogP) is 5.39. The van der Waals surface area contributed by atoms with Crippen LogP contribution in [0.5, 0.6) is 0 Å². The average molecular weight is 480 g/mol. The van der Waals surface area contributed by atoms with Crippen molar-refractivity contribution in [2.75, 3.05) is 13.2 Å². The van der Waals surface area contributed by atoms with Crippen LogP contribution in [0, 0.1) is 0 Å². The molecule has 2 aromatic carbocycles. The minimum Gasteiger partial charge on any atom is -0.471 e. The summed E-state index contributed by atoms with van der Waals surface area (Å²) in [7, 11) is 0. The van der Waals surface area contributed by atoms with Crippen molar-refractivity contribution in [2.45, 2.75) is 38.3 Å². The molecule has 6 heteroatoms. The predicted molar refractivity (Wildman–Crippen MR) is 136 cm³/mol. The Morgan fingerprint density at radius 2 is 1.65 bits per heavy atom. The van der Waals surface area contributed by atoms with E-state index in [4.69, 9.17) is 25.8 Å². The fourth-order valence-electron chi connectivity index (χ4n) is 4.09. The van der Waals surface area contributed by atoms with E-state index in [0.29, 0.717) is 23.2 Å². The molecule has 2 fully saturated rings. The Labute approximate surface area is 206 Å². The molecule has 2 aromatic rings. The molecule has 178 valence electrons. The van der Waals surface area contributed by atoms with Gasteiger partial charge in [-0.05, 0) is 54.3 Å². The Morgan fingerprint density at radius 3 is 2.32 bits per heavy atom. The zero-order chi connectivity index (χ0) is 24.2. The van der Waals surface area contributed by atoms with Gasteiger partial charge in [-0.15, -0.1) is 0 Å². The van der Waals surface area contributed by atoms with Crippen LogP contribution in [0.25, 0.3) is 16.7 Å². The Morgan fingerprint density at radius 1 is 1.00 bits per heavy atom. The van der Waals surface area contributed by atoms with E-state index in [2.05, 4.69) is 54.9 Å². The molecule has 2 aliphatic rings. The molecule has 4 atom stereocenters. The molecule has 2 N–H and O–H groups in total. The average Bonchev–Trinajstić information content (AvgIpc) is 3.41. The number of hydrogen-bond acceptors (Lipinski definition) is 5. The summed E-state index contributed by atoms with van der Waals surface area (Å²) >= 11 is 6.69. The summed E-state index contributed by atoms with van der Waals surface area (Å²) in [5.41, 5.74) is 5.77. The molecule has 2 aliphatic heterocycles. The first-order valence-corrected chi connectivity index (χ1v) is 11.6. The number of halogens is 1. The molecule has 4 unspecified atom stereocenters. The lowest BCUT2D eigenvalue weighted by Gasteiger charge is -2.21. The summed E-state index contributed by atoms with van der Waals surface area (Å²) < 4.78 is 17.1. The van der Waals surface area contributed by atoms with E-state index >= 15 is 0 Å². The van der Waals surface area contributed by atoms with Gasteiger partial charge < -0.3 is 24.6 Å². The van der Waals surface area contributed by atoms with Gasteiger partial charge in [0.2, 0.25) is 0 Å². The number of aliphatic hydroxyl groups excluding tert-OH is 1. The smallest absolute Gasteiger partial charge is 0.184 e. The van der Waals surface area contributed by atoms with Crippen molar-refractivity contribution in [3.8, 4) is 11.1 Å². The molecular weight excluding hydrogens is 450 g/mol. The third-order valence-electron chi connectivity index (χ3n) is 6.06. The number of ether oxygens (including phenoxy) is 3. The molecule has 0 amide bonds. The SMILES string of the molecule is C=C(N/C(=C/C(Cl)=C(\C)c1ccc(-c2ccccc2)cc1)C(=C)C)OC1COC2C(O)COC12. The van der Waals surface area contributed by atoms with Gasteiger partial charge in [0.25, 0.3) is 0 Å². The first-order chi connectivity index (χ1) is 16.3. The standard InChI is InChI=1S/C28H30ClNO4/c1-17(2)24(30-19(4)34-26-16-33-27-25(31)15-32-28(26)27)14-23(29)18(3)20-10-12-22(13-11-20)21-8-6-5-7-9-21/h5-14,25-28,30-31H,1,4,15-16H2,2-3H3/b23-18-,24-14+. The second-order valence-electron chi connectivity index (χ2n) is 8.62. The zero-order valence-electron chi connectivity index (χ0n) is 19.5. The van der Waals surface area contributed by atoms with Gasteiger partial charge in [-0.25, -0.2) is 0 Å². The lowest BCUT2D eigenvalue weighted by atomic mass is 10.0. The number of fused-ring (bicyclic) bond motifs is 1. The summed E-state index contributed by atoms with van der Waals surface area (Å²) in [4.78, 5) is 0. The summed E-state index contributed by atoms with van der Waals surface area (Å²) in [5.74, 6) is 0.336. The van der Waals surface area contributed by atoms with Crippen molar-refractivity contribution in [2.24, 2.45) is 0 Å². The highest BCUT2D eigenvalue weighted by molar-refractivity contribution is 6.34. The highest BCUT2D eigenvalue weighted by Crippen LogP contribution is 2.30.